The van der Waals surface area contributed by atoms with Gasteiger partial charge in [0.1, 0.15) is 5.75 Å². The van der Waals surface area contributed by atoms with Crippen LogP contribution in [0.25, 0.3) is 0 Å². The standard InChI is InChI=1S/C15H17NOS/c1-11(16)14-5-3-4-6-15(14)18-13-9-7-12(17-2)8-10-13/h3-11H,16H2,1-2H3/t11-/m1/s1. The minimum Gasteiger partial charge on any atom is -0.497 e. The summed E-state index contributed by atoms with van der Waals surface area (Å²) >= 11 is 1.73. The normalized spacial score (nSPS) is 12.2. The van der Waals surface area contributed by atoms with Gasteiger partial charge in [-0.1, -0.05) is 30.0 Å². The third-order valence-electron chi connectivity index (χ3n) is 2.70. The summed E-state index contributed by atoms with van der Waals surface area (Å²) in [5.74, 6) is 0.875. The fourth-order valence-corrected chi connectivity index (χ4v) is 2.76. The molecule has 0 saturated heterocycles. The average Bonchev–Trinajstić information content (AvgIpc) is 2.40. The molecular formula is C15H17NOS. The van der Waals surface area contributed by atoms with Crippen molar-refractivity contribution in [1.29, 1.82) is 0 Å². The molecule has 0 radical (unpaired) electrons. The van der Waals surface area contributed by atoms with E-state index >= 15 is 0 Å². The topological polar surface area (TPSA) is 35.2 Å². The Morgan fingerprint density at radius 3 is 2.33 bits per heavy atom. The molecule has 94 valence electrons. The molecule has 0 fully saturated rings. The first kappa shape index (κ1) is 13.0. The van der Waals surface area contributed by atoms with Crippen LogP contribution in [0, 0.1) is 0 Å². The summed E-state index contributed by atoms with van der Waals surface area (Å²) in [5, 5.41) is 0. The van der Waals surface area contributed by atoms with Crippen molar-refractivity contribution in [1.82, 2.24) is 0 Å². The molecule has 2 rings (SSSR count). The summed E-state index contributed by atoms with van der Waals surface area (Å²) in [6.07, 6.45) is 0. The van der Waals surface area contributed by atoms with Gasteiger partial charge in [0.25, 0.3) is 0 Å². The Labute approximate surface area is 112 Å². The molecule has 2 aromatic carbocycles. The molecule has 0 saturated carbocycles. The number of methoxy groups -OCH3 is 1. The van der Waals surface area contributed by atoms with Crippen LogP contribution < -0.4 is 10.5 Å². The Bertz CT molecular complexity index is 508. The van der Waals surface area contributed by atoms with Crippen LogP contribution in [-0.2, 0) is 0 Å². The van der Waals surface area contributed by atoms with Gasteiger partial charge >= 0.3 is 0 Å². The zero-order chi connectivity index (χ0) is 13.0. The zero-order valence-electron chi connectivity index (χ0n) is 10.6. The van der Waals surface area contributed by atoms with E-state index in [2.05, 4.69) is 24.3 Å². The highest BCUT2D eigenvalue weighted by molar-refractivity contribution is 7.99. The van der Waals surface area contributed by atoms with Crippen LogP contribution in [0.1, 0.15) is 18.5 Å². The van der Waals surface area contributed by atoms with Gasteiger partial charge in [0.15, 0.2) is 0 Å². The summed E-state index contributed by atoms with van der Waals surface area (Å²) in [6, 6.07) is 16.3. The van der Waals surface area contributed by atoms with Crippen molar-refractivity contribution >= 4 is 11.8 Å². The fraction of sp³-hybridized carbons (Fsp3) is 0.200. The lowest BCUT2D eigenvalue weighted by molar-refractivity contribution is 0.414. The van der Waals surface area contributed by atoms with Crippen LogP contribution in [0.3, 0.4) is 0 Å². The van der Waals surface area contributed by atoms with Gasteiger partial charge in [-0.05, 0) is 42.8 Å². The zero-order valence-corrected chi connectivity index (χ0v) is 11.4. The third-order valence-corrected chi connectivity index (χ3v) is 3.80. The van der Waals surface area contributed by atoms with Gasteiger partial charge in [-0.3, -0.25) is 0 Å². The minimum absolute atomic E-state index is 0.0481. The van der Waals surface area contributed by atoms with Crippen LogP contribution in [0.5, 0.6) is 5.75 Å². The second kappa shape index (κ2) is 5.94. The van der Waals surface area contributed by atoms with Gasteiger partial charge in [-0.25, -0.2) is 0 Å². The van der Waals surface area contributed by atoms with E-state index in [0.29, 0.717) is 0 Å². The largest absolute Gasteiger partial charge is 0.497 e. The first-order chi connectivity index (χ1) is 8.70. The van der Waals surface area contributed by atoms with Crippen molar-refractivity contribution in [3.05, 3.63) is 54.1 Å². The van der Waals surface area contributed by atoms with Crippen molar-refractivity contribution in [2.75, 3.05) is 7.11 Å². The molecule has 1 atom stereocenters. The maximum absolute atomic E-state index is 5.98. The van der Waals surface area contributed by atoms with Crippen LogP contribution in [-0.4, -0.2) is 7.11 Å². The highest BCUT2D eigenvalue weighted by Crippen LogP contribution is 2.33. The molecule has 2 N–H and O–H groups in total. The molecule has 0 bridgehead atoms. The van der Waals surface area contributed by atoms with E-state index in [1.165, 1.54) is 15.4 Å². The van der Waals surface area contributed by atoms with Crippen molar-refractivity contribution in [2.24, 2.45) is 5.73 Å². The van der Waals surface area contributed by atoms with Gasteiger partial charge in [-0.2, -0.15) is 0 Å². The van der Waals surface area contributed by atoms with Gasteiger partial charge in [-0.15, -0.1) is 0 Å². The van der Waals surface area contributed by atoms with Crippen molar-refractivity contribution in [3.63, 3.8) is 0 Å². The van der Waals surface area contributed by atoms with E-state index in [-0.39, 0.29) is 6.04 Å². The monoisotopic (exact) mass is 259 g/mol. The SMILES string of the molecule is COc1ccc(Sc2ccccc2[C@@H](C)N)cc1. The van der Waals surface area contributed by atoms with Crippen LogP contribution in [0.15, 0.2) is 58.3 Å². The summed E-state index contributed by atoms with van der Waals surface area (Å²) in [7, 11) is 1.67. The number of nitrogens with two attached hydrogens (primary N) is 1. The lowest BCUT2D eigenvalue weighted by Gasteiger charge is -2.12. The Hall–Kier alpha value is -1.45. The molecule has 0 aliphatic carbocycles. The number of hydrogen-bond acceptors (Lipinski definition) is 3. The van der Waals surface area contributed by atoms with E-state index < -0.39 is 0 Å². The molecule has 0 spiro atoms. The summed E-state index contributed by atoms with van der Waals surface area (Å²) in [4.78, 5) is 2.39. The second-order valence-electron chi connectivity index (χ2n) is 4.10. The maximum atomic E-state index is 5.98. The highest BCUT2D eigenvalue weighted by atomic mass is 32.2. The summed E-state index contributed by atoms with van der Waals surface area (Å²) in [5.41, 5.74) is 7.16. The smallest absolute Gasteiger partial charge is 0.118 e. The number of benzene rings is 2. The number of rotatable bonds is 4. The van der Waals surface area contributed by atoms with Crippen molar-refractivity contribution < 1.29 is 4.74 Å². The molecule has 3 heteroatoms. The highest BCUT2D eigenvalue weighted by Gasteiger charge is 2.07. The first-order valence-electron chi connectivity index (χ1n) is 5.87. The molecule has 0 unspecified atom stereocenters. The molecule has 0 heterocycles. The van der Waals surface area contributed by atoms with Gasteiger partial charge in [0.05, 0.1) is 7.11 Å². The molecule has 0 aliphatic rings. The van der Waals surface area contributed by atoms with E-state index in [0.717, 1.165) is 5.75 Å². The molecule has 0 aliphatic heterocycles. The van der Waals surface area contributed by atoms with E-state index in [4.69, 9.17) is 10.5 Å². The van der Waals surface area contributed by atoms with Crippen LogP contribution in [0.4, 0.5) is 0 Å². The molecular weight excluding hydrogens is 242 g/mol. The maximum Gasteiger partial charge on any atom is 0.118 e. The van der Waals surface area contributed by atoms with Gasteiger partial charge in [0.2, 0.25) is 0 Å². The second-order valence-corrected chi connectivity index (χ2v) is 5.22. The van der Waals surface area contributed by atoms with E-state index in [1.807, 2.05) is 31.2 Å². The molecule has 2 aromatic rings. The fourth-order valence-electron chi connectivity index (χ4n) is 1.72. The number of hydrogen-bond donors (Lipinski definition) is 1. The number of ether oxygens (including phenoxy) is 1. The van der Waals surface area contributed by atoms with Gasteiger partial charge in [0, 0.05) is 15.8 Å². The van der Waals surface area contributed by atoms with Crippen molar-refractivity contribution in [3.8, 4) is 5.75 Å². The molecule has 0 amide bonds. The first-order valence-corrected chi connectivity index (χ1v) is 6.69. The third kappa shape index (κ3) is 3.06. The Morgan fingerprint density at radius 2 is 1.72 bits per heavy atom. The Balaban J connectivity index is 2.22. The lowest BCUT2D eigenvalue weighted by Crippen LogP contribution is -2.05. The summed E-state index contributed by atoms with van der Waals surface area (Å²) in [6.45, 7) is 2.01. The Kier molecular flexibility index (Phi) is 4.28. The average molecular weight is 259 g/mol. The van der Waals surface area contributed by atoms with Crippen LogP contribution in [0.2, 0.25) is 0 Å². The van der Waals surface area contributed by atoms with Crippen molar-refractivity contribution in [2.45, 2.75) is 22.8 Å². The predicted molar refractivity (Wildman–Crippen MR) is 76.2 cm³/mol. The Morgan fingerprint density at radius 1 is 1.06 bits per heavy atom. The van der Waals surface area contributed by atoms with Gasteiger partial charge < -0.3 is 10.5 Å². The molecule has 0 aromatic heterocycles. The van der Waals surface area contributed by atoms with E-state index in [1.54, 1.807) is 18.9 Å². The quantitative estimate of drug-likeness (QED) is 0.905. The molecule has 2 nitrogen and oxygen atoms in total. The van der Waals surface area contributed by atoms with E-state index in [9.17, 15) is 0 Å². The minimum atomic E-state index is 0.0481. The lowest BCUT2D eigenvalue weighted by atomic mass is 10.1. The van der Waals surface area contributed by atoms with Crippen LogP contribution >= 0.6 is 11.8 Å². The predicted octanol–water partition coefficient (Wildman–Crippen LogP) is 3.87. The molecule has 18 heavy (non-hydrogen) atoms. The summed E-state index contributed by atoms with van der Waals surface area (Å²) < 4.78 is 5.15.